The summed E-state index contributed by atoms with van der Waals surface area (Å²) in [5.41, 5.74) is 2.01. The Balaban J connectivity index is 2.14. The standard InChI is InChI=1S/C31H52N2O2/c1-27(2,3)23-17-21(18-24(25(23)34)28(4,5)6)31(15-13-12-14-16-31)26(35)33(11)22-19-29(7,8)32-30(9,10)20-22/h17-18,22,32,34H,12-16,19-20H2,1-11H3. The third-order valence-corrected chi connectivity index (χ3v) is 8.43. The number of piperidine rings is 1. The molecular weight excluding hydrogens is 432 g/mol. The van der Waals surface area contributed by atoms with Crippen LogP contribution in [-0.2, 0) is 21.0 Å². The summed E-state index contributed by atoms with van der Waals surface area (Å²) < 4.78 is 0. The Morgan fingerprint density at radius 1 is 0.886 bits per heavy atom. The maximum atomic E-state index is 14.6. The minimum atomic E-state index is -0.528. The summed E-state index contributed by atoms with van der Waals surface area (Å²) in [5, 5.41) is 15.1. The van der Waals surface area contributed by atoms with Gasteiger partial charge < -0.3 is 15.3 Å². The number of carbonyl (C=O) groups excluding carboxylic acids is 1. The highest BCUT2D eigenvalue weighted by atomic mass is 16.3. The molecule has 1 saturated carbocycles. The zero-order valence-electron chi connectivity index (χ0n) is 24.5. The Hall–Kier alpha value is -1.55. The second kappa shape index (κ2) is 9.08. The second-order valence-electron chi connectivity index (χ2n) is 14.9. The van der Waals surface area contributed by atoms with Crippen LogP contribution in [0, 0.1) is 0 Å². The average Bonchev–Trinajstić information content (AvgIpc) is 2.69. The van der Waals surface area contributed by atoms with E-state index in [0.717, 1.165) is 55.2 Å². The summed E-state index contributed by atoms with van der Waals surface area (Å²) in [6, 6.07) is 4.53. The molecule has 1 aromatic carbocycles. The van der Waals surface area contributed by atoms with E-state index in [1.165, 1.54) is 6.42 Å². The van der Waals surface area contributed by atoms with Crippen LogP contribution in [-0.4, -0.2) is 40.1 Å². The van der Waals surface area contributed by atoms with Gasteiger partial charge in [0.1, 0.15) is 5.75 Å². The summed E-state index contributed by atoms with van der Waals surface area (Å²) in [4.78, 5) is 16.7. The van der Waals surface area contributed by atoms with Crippen LogP contribution < -0.4 is 5.32 Å². The Labute approximate surface area is 215 Å². The van der Waals surface area contributed by atoms with E-state index in [4.69, 9.17) is 0 Å². The minimum absolute atomic E-state index is 0.0158. The van der Waals surface area contributed by atoms with Gasteiger partial charge in [0.25, 0.3) is 0 Å². The van der Waals surface area contributed by atoms with Gasteiger partial charge in [0, 0.05) is 24.2 Å². The number of amides is 1. The first kappa shape index (κ1) is 28.0. The van der Waals surface area contributed by atoms with Gasteiger partial charge in [0.15, 0.2) is 0 Å². The topological polar surface area (TPSA) is 52.6 Å². The number of nitrogens with one attached hydrogen (secondary N) is 1. The van der Waals surface area contributed by atoms with Crippen LogP contribution in [0.3, 0.4) is 0 Å². The fourth-order valence-electron chi connectivity index (χ4n) is 6.88. The van der Waals surface area contributed by atoms with E-state index in [0.29, 0.717) is 5.75 Å². The fourth-order valence-corrected chi connectivity index (χ4v) is 6.88. The molecule has 0 spiro atoms. The monoisotopic (exact) mass is 484 g/mol. The van der Waals surface area contributed by atoms with Crippen molar-refractivity contribution in [1.29, 1.82) is 0 Å². The van der Waals surface area contributed by atoms with Crippen LogP contribution in [0.25, 0.3) is 0 Å². The summed E-state index contributed by atoms with van der Waals surface area (Å²) in [6.07, 6.45) is 6.98. The number of nitrogens with zero attached hydrogens (tertiary/aromatic N) is 1. The van der Waals surface area contributed by atoms with E-state index < -0.39 is 5.41 Å². The number of rotatable bonds is 3. The first-order chi connectivity index (χ1) is 15.8. The molecule has 1 amide bonds. The van der Waals surface area contributed by atoms with Crippen molar-refractivity contribution in [2.45, 2.75) is 148 Å². The maximum Gasteiger partial charge on any atom is 0.233 e. The van der Waals surface area contributed by atoms with Crippen molar-refractivity contribution < 1.29 is 9.90 Å². The highest BCUT2D eigenvalue weighted by molar-refractivity contribution is 5.89. The average molecular weight is 485 g/mol. The lowest BCUT2D eigenvalue weighted by Crippen LogP contribution is -2.63. The molecule has 1 heterocycles. The predicted molar refractivity (Wildman–Crippen MR) is 147 cm³/mol. The number of benzene rings is 1. The number of aromatic hydroxyl groups is 1. The Bertz CT molecular complexity index is 889. The van der Waals surface area contributed by atoms with Crippen molar-refractivity contribution in [1.82, 2.24) is 10.2 Å². The number of likely N-dealkylation sites (N-methyl/N-ethyl adjacent to an activating group) is 1. The van der Waals surface area contributed by atoms with Crippen molar-refractivity contribution in [3.05, 3.63) is 28.8 Å². The van der Waals surface area contributed by atoms with Gasteiger partial charge in [0.2, 0.25) is 5.91 Å². The SMILES string of the molecule is CN(C(=O)C1(c2cc(C(C)(C)C)c(O)c(C(C)(C)C)c2)CCCCC1)C1CC(C)(C)NC(C)(C)C1. The van der Waals surface area contributed by atoms with Gasteiger partial charge in [0.05, 0.1) is 5.41 Å². The molecular formula is C31H52N2O2. The highest BCUT2D eigenvalue weighted by Gasteiger charge is 2.48. The Kier molecular flexibility index (Phi) is 7.27. The molecule has 1 aliphatic carbocycles. The van der Waals surface area contributed by atoms with Gasteiger partial charge in [-0.3, -0.25) is 4.79 Å². The lowest BCUT2D eigenvalue weighted by molar-refractivity contribution is -0.141. The van der Waals surface area contributed by atoms with Gasteiger partial charge in [-0.25, -0.2) is 0 Å². The van der Waals surface area contributed by atoms with Gasteiger partial charge in [-0.05, 0) is 80.9 Å². The first-order valence-electron chi connectivity index (χ1n) is 13.7. The molecule has 0 radical (unpaired) electrons. The summed E-state index contributed by atoms with van der Waals surface area (Å²) in [6.45, 7) is 21.9. The number of phenolic OH excluding ortho intramolecular Hbond substituents is 1. The van der Waals surface area contributed by atoms with Gasteiger partial charge in [-0.15, -0.1) is 0 Å². The van der Waals surface area contributed by atoms with E-state index in [1.807, 2.05) is 7.05 Å². The van der Waals surface area contributed by atoms with Crippen molar-refractivity contribution in [3.8, 4) is 5.75 Å². The zero-order chi connectivity index (χ0) is 26.6. The number of phenols is 1. The quantitative estimate of drug-likeness (QED) is 0.488. The zero-order valence-corrected chi connectivity index (χ0v) is 24.5. The normalized spacial score (nSPS) is 22.6. The van der Waals surface area contributed by atoms with Gasteiger partial charge in [-0.2, -0.15) is 0 Å². The molecule has 2 aliphatic rings. The molecule has 2 fully saturated rings. The largest absolute Gasteiger partial charge is 0.507 e. The Morgan fingerprint density at radius 3 is 1.71 bits per heavy atom. The van der Waals surface area contributed by atoms with E-state index in [-0.39, 0.29) is 33.9 Å². The van der Waals surface area contributed by atoms with Crippen molar-refractivity contribution >= 4 is 5.91 Å². The van der Waals surface area contributed by atoms with Gasteiger partial charge in [-0.1, -0.05) is 72.9 Å². The van der Waals surface area contributed by atoms with Gasteiger partial charge >= 0.3 is 0 Å². The summed E-state index contributed by atoms with van der Waals surface area (Å²) in [7, 11) is 2.04. The van der Waals surface area contributed by atoms with Crippen molar-refractivity contribution in [2.75, 3.05) is 7.05 Å². The maximum absolute atomic E-state index is 14.6. The molecule has 0 unspecified atom stereocenters. The Morgan fingerprint density at radius 2 is 1.31 bits per heavy atom. The van der Waals surface area contributed by atoms with Crippen molar-refractivity contribution in [2.24, 2.45) is 0 Å². The van der Waals surface area contributed by atoms with E-state index in [1.54, 1.807) is 0 Å². The van der Waals surface area contributed by atoms with Crippen LogP contribution in [0.15, 0.2) is 12.1 Å². The molecule has 4 heteroatoms. The van der Waals surface area contributed by atoms with E-state index in [9.17, 15) is 9.90 Å². The highest BCUT2D eigenvalue weighted by Crippen LogP contribution is 2.47. The molecule has 198 valence electrons. The van der Waals surface area contributed by atoms with Crippen LogP contribution in [0.5, 0.6) is 5.75 Å². The predicted octanol–water partition coefficient (Wildman–Crippen LogP) is 6.96. The number of hydrogen-bond acceptors (Lipinski definition) is 3. The third-order valence-electron chi connectivity index (χ3n) is 8.43. The molecule has 1 saturated heterocycles. The third kappa shape index (κ3) is 5.73. The lowest BCUT2D eigenvalue weighted by atomic mass is 9.65. The molecule has 0 aromatic heterocycles. The molecule has 1 aliphatic heterocycles. The van der Waals surface area contributed by atoms with Crippen molar-refractivity contribution in [3.63, 3.8) is 0 Å². The molecule has 0 atom stereocenters. The summed E-state index contributed by atoms with van der Waals surface area (Å²) >= 11 is 0. The summed E-state index contributed by atoms with van der Waals surface area (Å²) in [5.74, 6) is 0.656. The first-order valence-corrected chi connectivity index (χ1v) is 13.7. The van der Waals surface area contributed by atoms with E-state index in [2.05, 4.69) is 91.6 Å². The molecule has 3 rings (SSSR count). The van der Waals surface area contributed by atoms with Crippen LogP contribution >= 0.6 is 0 Å². The second-order valence-corrected chi connectivity index (χ2v) is 14.9. The molecule has 35 heavy (non-hydrogen) atoms. The van der Waals surface area contributed by atoms with Crippen LogP contribution in [0.1, 0.15) is 131 Å². The van der Waals surface area contributed by atoms with E-state index >= 15 is 0 Å². The molecule has 1 aromatic rings. The number of carbonyl (C=O) groups is 1. The number of hydrogen-bond donors (Lipinski definition) is 2. The molecule has 4 nitrogen and oxygen atoms in total. The fraction of sp³-hybridized carbons (Fsp3) is 0.774. The van der Waals surface area contributed by atoms with Crippen LogP contribution in [0.2, 0.25) is 0 Å². The molecule has 2 N–H and O–H groups in total. The molecule has 0 bridgehead atoms. The minimum Gasteiger partial charge on any atom is -0.507 e. The smallest absolute Gasteiger partial charge is 0.233 e. The lowest BCUT2D eigenvalue weighted by Gasteiger charge is -2.50. The van der Waals surface area contributed by atoms with Crippen LogP contribution in [0.4, 0.5) is 0 Å².